The number of rotatable bonds is 4. The zero-order chi connectivity index (χ0) is 13.8. The van der Waals surface area contributed by atoms with Gasteiger partial charge in [0, 0.05) is 25.7 Å². The van der Waals surface area contributed by atoms with Crippen LogP contribution in [0.4, 0.5) is 20.4 Å². The Hall–Kier alpha value is -1.39. The second-order valence-electron chi connectivity index (χ2n) is 5.02. The van der Waals surface area contributed by atoms with Crippen LogP contribution in [0.15, 0.2) is 6.07 Å². The second kappa shape index (κ2) is 6.17. The van der Waals surface area contributed by atoms with E-state index in [4.69, 9.17) is 0 Å². The van der Waals surface area contributed by atoms with E-state index in [1.807, 2.05) is 11.8 Å². The molecule has 106 valence electrons. The molecule has 0 aliphatic carbocycles. The van der Waals surface area contributed by atoms with Crippen molar-refractivity contribution >= 4 is 11.6 Å². The monoisotopic (exact) mass is 269 g/mol. The number of pyridine rings is 1. The summed E-state index contributed by atoms with van der Waals surface area (Å²) in [5, 5.41) is 2.83. The molecule has 2 rings (SSSR count). The molecule has 0 amide bonds. The van der Waals surface area contributed by atoms with Crippen LogP contribution in [-0.4, -0.2) is 24.6 Å². The molecule has 2 heterocycles. The first-order valence-electron chi connectivity index (χ1n) is 7.00. The van der Waals surface area contributed by atoms with Crippen molar-refractivity contribution in [1.29, 1.82) is 0 Å². The number of nitrogens with zero attached hydrogens (tertiary/aromatic N) is 2. The van der Waals surface area contributed by atoms with Crippen LogP contribution in [0, 0.1) is 17.6 Å². The van der Waals surface area contributed by atoms with Gasteiger partial charge >= 0.3 is 0 Å². The lowest BCUT2D eigenvalue weighted by Gasteiger charge is -2.33. The normalized spacial score (nSPS) is 19.6. The van der Waals surface area contributed by atoms with Gasteiger partial charge in [0.25, 0.3) is 0 Å². The van der Waals surface area contributed by atoms with Crippen molar-refractivity contribution in [2.45, 2.75) is 33.1 Å². The number of hydrogen-bond donors (Lipinski definition) is 1. The lowest BCUT2D eigenvalue weighted by molar-refractivity contribution is 0.399. The smallest absolute Gasteiger partial charge is 0.168 e. The quantitative estimate of drug-likeness (QED) is 0.907. The molecule has 0 radical (unpaired) electrons. The molecular weight excluding hydrogens is 248 g/mol. The number of halogens is 2. The summed E-state index contributed by atoms with van der Waals surface area (Å²) in [6, 6.07) is 0.926. The number of nitrogens with one attached hydrogen (secondary N) is 1. The van der Waals surface area contributed by atoms with Gasteiger partial charge in [-0.3, -0.25) is 0 Å². The minimum Gasteiger partial charge on any atom is -0.368 e. The molecule has 1 aromatic rings. The van der Waals surface area contributed by atoms with Gasteiger partial charge in [0.05, 0.1) is 0 Å². The highest BCUT2D eigenvalue weighted by molar-refractivity contribution is 5.49. The Kier molecular flexibility index (Phi) is 4.56. The Balaban J connectivity index is 2.25. The molecule has 0 bridgehead atoms. The van der Waals surface area contributed by atoms with Gasteiger partial charge in [-0.2, -0.15) is 0 Å². The van der Waals surface area contributed by atoms with Crippen LogP contribution in [0.5, 0.6) is 0 Å². The fourth-order valence-electron chi connectivity index (χ4n) is 2.56. The van der Waals surface area contributed by atoms with E-state index in [1.54, 1.807) is 0 Å². The largest absolute Gasteiger partial charge is 0.368 e. The zero-order valence-electron chi connectivity index (χ0n) is 11.5. The van der Waals surface area contributed by atoms with Crippen LogP contribution in [0.25, 0.3) is 0 Å². The molecular formula is C14H21F2N3. The van der Waals surface area contributed by atoms with E-state index in [-0.39, 0.29) is 11.6 Å². The van der Waals surface area contributed by atoms with Gasteiger partial charge in [-0.25, -0.2) is 13.8 Å². The molecule has 1 aliphatic rings. The third-order valence-electron chi connectivity index (χ3n) is 3.65. The first-order valence-corrected chi connectivity index (χ1v) is 7.00. The molecule has 19 heavy (non-hydrogen) atoms. The van der Waals surface area contributed by atoms with E-state index in [2.05, 4.69) is 17.2 Å². The Morgan fingerprint density at radius 1 is 1.37 bits per heavy atom. The number of aromatic nitrogens is 1. The van der Waals surface area contributed by atoms with Gasteiger partial charge in [0.15, 0.2) is 23.3 Å². The first kappa shape index (κ1) is 14.0. The molecule has 1 aromatic heterocycles. The van der Waals surface area contributed by atoms with Crippen LogP contribution in [0.2, 0.25) is 0 Å². The first-order chi connectivity index (χ1) is 9.15. The van der Waals surface area contributed by atoms with Crippen LogP contribution in [0.3, 0.4) is 0 Å². The van der Waals surface area contributed by atoms with E-state index in [1.165, 1.54) is 6.42 Å². The molecule has 1 unspecified atom stereocenters. The van der Waals surface area contributed by atoms with Gasteiger partial charge in [0.1, 0.15) is 0 Å². The van der Waals surface area contributed by atoms with Crippen LogP contribution in [-0.2, 0) is 0 Å². The van der Waals surface area contributed by atoms with Gasteiger partial charge in [-0.05, 0) is 25.7 Å². The van der Waals surface area contributed by atoms with Crippen molar-refractivity contribution in [3.05, 3.63) is 17.7 Å². The minimum absolute atomic E-state index is 0.137. The van der Waals surface area contributed by atoms with Gasteiger partial charge < -0.3 is 10.2 Å². The van der Waals surface area contributed by atoms with Gasteiger partial charge in [-0.15, -0.1) is 0 Å². The van der Waals surface area contributed by atoms with Crippen molar-refractivity contribution in [3.8, 4) is 0 Å². The summed E-state index contributed by atoms with van der Waals surface area (Å²) in [5.74, 6) is -0.223. The van der Waals surface area contributed by atoms with Crippen LogP contribution >= 0.6 is 0 Å². The molecule has 3 nitrogen and oxygen atoms in total. The maximum atomic E-state index is 13.9. The molecule has 0 spiro atoms. The van der Waals surface area contributed by atoms with Crippen LogP contribution in [0.1, 0.15) is 33.1 Å². The topological polar surface area (TPSA) is 28.2 Å². The Morgan fingerprint density at radius 3 is 2.84 bits per heavy atom. The average Bonchev–Trinajstić information content (AvgIpc) is 2.42. The SMILES string of the molecule is CCNc1nc(N2CCCC(CC)C2)c(F)cc1F. The molecule has 1 fully saturated rings. The van der Waals surface area contributed by atoms with Crippen molar-refractivity contribution in [3.63, 3.8) is 0 Å². The van der Waals surface area contributed by atoms with E-state index >= 15 is 0 Å². The summed E-state index contributed by atoms with van der Waals surface area (Å²) >= 11 is 0. The van der Waals surface area contributed by atoms with Crippen molar-refractivity contribution < 1.29 is 8.78 Å². The van der Waals surface area contributed by atoms with E-state index in [0.717, 1.165) is 32.0 Å². The molecule has 1 N–H and O–H groups in total. The highest BCUT2D eigenvalue weighted by Crippen LogP contribution is 2.27. The predicted octanol–water partition coefficient (Wildman–Crippen LogP) is 3.42. The lowest BCUT2D eigenvalue weighted by Crippen LogP contribution is -2.36. The fraction of sp³-hybridized carbons (Fsp3) is 0.643. The van der Waals surface area contributed by atoms with Gasteiger partial charge in [-0.1, -0.05) is 13.3 Å². The minimum atomic E-state index is -0.632. The standard InChI is InChI=1S/C14H21F2N3/c1-3-10-6-5-7-19(9-10)14-12(16)8-11(15)13(18-14)17-4-2/h8,10H,3-7,9H2,1-2H3,(H,17,18). The summed E-state index contributed by atoms with van der Waals surface area (Å²) < 4.78 is 27.5. The van der Waals surface area contributed by atoms with E-state index in [0.29, 0.717) is 12.5 Å². The maximum Gasteiger partial charge on any atom is 0.168 e. The lowest BCUT2D eigenvalue weighted by atomic mass is 9.96. The summed E-state index contributed by atoms with van der Waals surface area (Å²) in [6.07, 6.45) is 3.29. The summed E-state index contributed by atoms with van der Waals surface area (Å²) in [7, 11) is 0. The van der Waals surface area contributed by atoms with Crippen molar-refractivity contribution in [2.24, 2.45) is 5.92 Å². The van der Waals surface area contributed by atoms with E-state index < -0.39 is 11.6 Å². The highest BCUT2D eigenvalue weighted by atomic mass is 19.1. The molecule has 0 saturated carbocycles. The Morgan fingerprint density at radius 2 is 2.16 bits per heavy atom. The average molecular weight is 269 g/mol. The fourth-order valence-corrected chi connectivity index (χ4v) is 2.56. The Labute approximate surface area is 113 Å². The molecule has 1 saturated heterocycles. The number of piperidine rings is 1. The third-order valence-corrected chi connectivity index (χ3v) is 3.65. The second-order valence-corrected chi connectivity index (χ2v) is 5.02. The van der Waals surface area contributed by atoms with Crippen molar-refractivity contribution in [1.82, 2.24) is 4.98 Å². The highest BCUT2D eigenvalue weighted by Gasteiger charge is 2.23. The predicted molar refractivity (Wildman–Crippen MR) is 73.5 cm³/mol. The van der Waals surface area contributed by atoms with E-state index in [9.17, 15) is 8.78 Å². The van der Waals surface area contributed by atoms with Crippen molar-refractivity contribution in [2.75, 3.05) is 29.9 Å². The molecule has 0 aromatic carbocycles. The summed E-state index contributed by atoms with van der Waals surface area (Å²) in [6.45, 7) is 6.16. The number of anilines is 2. The summed E-state index contributed by atoms with van der Waals surface area (Å²) in [4.78, 5) is 6.06. The third kappa shape index (κ3) is 3.14. The summed E-state index contributed by atoms with van der Waals surface area (Å²) in [5.41, 5.74) is 0. The molecule has 1 aliphatic heterocycles. The van der Waals surface area contributed by atoms with Gasteiger partial charge in [0.2, 0.25) is 0 Å². The van der Waals surface area contributed by atoms with Crippen LogP contribution < -0.4 is 10.2 Å². The molecule has 5 heteroatoms. The maximum absolute atomic E-state index is 13.9. The number of hydrogen-bond acceptors (Lipinski definition) is 3. The zero-order valence-corrected chi connectivity index (χ0v) is 11.5. The molecule has 1 atom stereocenters. The Bertz CT molecular complexity index is 437.